The molecule has 1 aromatic heterocycles. The Morgan fingerprint density at radius 3 is 3.00 bits per heavy atom. The SMILES string of the molecule is Cc1csc(SCCN2C(=O)CNC2=O)n1. The zero-order valence-corrected chi connectivity index (χ0v) is 10.4. The second-order valence-electron chi connectivity index (χ2n) is 3.31. The Bertz CT molecular complexity index is 403. The monoisotopic (exact) mass is 257 g/mol. The maximum atomic E-state index is 11.3. The average Bonchev–Trinajstić information content (AvgIpc) is 2.78. The smallest absolute Gasteiger partial charge is 0.324 e. The normalized spacial score (nSPS) is 15.7. The molecule has 1 aromatic rings. The van der Waals surface area contributed by atoms with Crippen molar-refractivity contribution in [3.8, 4) is 0 Å². The molecule has 0 aromatic carbocycles. The molecule has 16 heavy (non-hydrogen) atoms. The van der Waals surface area contributed by atoms with Gasteiger partial charge in [0.25, 0.3) is 0 Å². The highest BCUT2D eigenvalue weighted by atomic mass is 32.2. The molecule has 1 aliphatic heterocycles. The quantitative estimate of drug-likeness (QED) is 0.648. The molecule has 0 saturated carbocycles. The minimum atomic E-state index is -0.291. The molecular formula is C9H11N3O2S2. The number of hydrogen-bond donors (Lipinski definition) is 1. The number of hydrogen-bond acceptors (Lipinski definition) is 5. The molecular weight excluding hydrogens is 246 g/mol. The molecule has 7 heteroatoms. The van der Waals surface area contributed by atoms with Crippen LogP contribution in [0.5, 0.6) is 0 Å². The van der Waals surface area contributed by atoms with E-state index < -0.39 is 0 Å². The third-order valence-electron chi connectivity index (χ3n) is 2.08. The van der Waals surface area contributed by atoms with Gasteiger partial charge in [-0.25, -0.2) is 9.78 Å². The highest BCUT2D eigenvalue weighted by Crippen LogP contribution is 2.22. The number of thioether (sulfide) groups is 1. The second kappa shape index (κ2) is 4.84. The van der Waals surface area contributed by atoms with E-state index in [2.05, 4.69) is 10.3 Å². The second-order valence-corrected chi connectivity index (χ2v) is 5.51. The molecule has 86 valence electrons. The number of rotatable bonds is 4. The van der Waals surface area contributed by atoms with Gasteiger partial charge >= 0.3 is 6.03 Å². The highest BCUT2D eigenvalue weighted by molar-refractivity contribution is 8.01. The Morgan fingerprint density at radius 1 is 1.62 bits per heavy atom. The Kier molecular flexibility index (Phi) is 3.45. The van der Waals surface area contributed by atoms with E-state index in [4.69, 9.17) is 0 Å². The lowest BCUT2D eigenvalue weighted by Gasteiger charge is -2.10. The first-order valence-electron chi connectivity index (χ1n) is 4.80. The summed E-state index contributed by atoms with van der Waals surface area (Å²) in [6.45, 7) is 2.51. The fourth-order valence-corrected chi connectivity index (χ4v) is 3.15. The van der Waals surface area contributed by atoms with Gasteiger partial charge in [-0.15, -0.1) is 11.3 Å². The Labute approximate surface area is 101 Å². The van der Waals surface area contributed by atoms with Crippen LogP contribution in [0.15, 0.2) is 9.72 Å². The molecule has 0 spiro atoms. The van der Waals surface area contributed by atoms with Crippen molar-refractivity contribution in [3.05, 3.63) is 11.1 Å². The van der Waals surface area contributed by atoms with Crippen molar-refractivity contribution in [3.63, 3.8) is 0 Å². The summed E-state index contributed by atoms with van der Waals surface area (Å²) in [5.41, 5.74) is 1.00. The summed E-state index contributed by atoms with van der Waals surface area (Å²) >= 11 is 3.15. The number of urea groups is 1. The Morgan fingerprint density at radius 2 is 2.44 bits per heavy atom. The van der Waals surface area contributed by atoms with Gasteiger partial charge in [0.1, 0.15) is 4.34 Å². The van der Waals surface area contributed by atoms with Crippen molar-refractivity contribution in [2.24, 2.45) is 0 Å². The lowest BCUT2D eigenvalue weighted by Crippen LogP contribution is -2.32. The van der Waals surface area contributed by atoms with Crippen molar-refractivity contribution in [1.29, 1.82) is 0 Å². The van der Waals surface area contributed by atoms with Crippen LogP contribution in [0.1, 0.15) is 5.69 Å². The molecule has 2 rings (SSSR count). The fraction of sp³-hybridized carbons (Fsp3) is 0.444. The number of amides is 3. The summed E-state index contributed by atoms with van der Waals surface area (Å²) in [6, 6.07) is -0.291. The van der Waals surface area contributed by atoms with Gasteiger partial charge in [-0.3, -0.25) is 9.69 Å². The lowest BCUT2D eigenvalue weighted by atomic mass is 10.5. The van der Waals surface area contributed by atoms with Crippen LogP contribution < -0.4 is 5.32 Å². The maximum Gasteiger partial charge on any atom is 0.324 e. The minimum Gasteiger partial charge on any atom is -0.329 e. The van der Waals surface area contributed by atoms with Crippen LogP contribution in [-0.2, 0) is 4.79 Å². The molecule has 0 radical (unpaired) electrons. The van der Waals surface area contributed by atoms with Gasteiger partial charge in [-0.05, 0) is 6.92 Å². The van der Waals surface area contributed by atoms with E-state index in [0.717, 1.165) is 10.0 Å². The maximum absolute atomic E-state index is 11.3. The van der Waals surface area contributed by atoms with E-state index >= 15 is 0 Å². The first kappa shape index (κ1) is 11.4. The molecule has 3 amide bonds. The number of thiazole rings is 1. The molecule has 0 atom stereocenters. The van der Waals surface area contributed by atoms with Crippen LogP contribution in [0.2, 0.25) is 0 Å². The van der Waals surface area contributed by atoms with Crippen LogP contribution >= 0.6 is 23.1 Å². The summed E-state index contributed by atoms with van der Waals surface area (Å²) in [7, 11) is 0. The number of aryl methyl sites for hydroxylation is 1. The van der Waals surface area contributed by atoms with Gasteiger partial charge in [-0.2, -0.15) is 0 Å². The number of imide groups is 1. The summed E-state index contributed by atoms with van der Waals surface area (Å²) in [4.78, 5) is 28.0. The molecule has 1 saturated heterocycles. The van der Waals surface area contributed by atoms with E-state index in [9.17, 15) is 9.59 Å². The number of nitrogens with one attached hydrogen (secondary N) is 1. The molecule has 0 bridgehead atoms. The first-order valence-corrected chi connectivity index (χ1v) is 6.66. The lowest BCUT2D eigenvalue weighted by molar-refractivity contribution is -0.124. The highest BCUT2D eigenvalue weighted by Gasteiger charge is 2.27. The molecule has 0 unspecified atom stereocenters. The van der Waals surface area contributed by atoms with Crippen molar-refractivity contribution in [2.45, 2.75) is 11.3 Å². The van der Waals surface area contributed by atoms with Gasteiger partial charge in [0, 0.05) is 23.4 Å². The van der Waals surface area contributed by atoms with Crippen molar-refractivity contribution < 1.29 is 9.59 Å². The van der Waals surface area contributed by atoms with E-state index in [1.54, 1.807) is 23.1 Å². The standard InChI is InChI=1S/C9H11N3O2S2/c1-6-5-16-9(11-6)15-3-2-12-7(13)4-10-8(12)14/h5H,2-4H2,1H3,(H,10,14). The van der Waals surface area contributed by atoms with Crippen LogP contribution in [0.3, 0.4) is 0 Å². The first-order chi connectivity index (χ1) is 7.66. The van der Waals surface area contributed by atoms with Crippen LogP contribution in [0.25, 0.3) is 0 Å². The third kappa shape index (κ3) is 2.53. The minimum absolute atomic E-state index is 0.125. The average molecular weight is 257 g/mol. The van der Waals surface area contributed by atoms with Crippen molar-refractivity contribution in [1.82, 2.24) is 15.2 Å². The summed E-state index contributed by atoms with van der Waals surface area (Å²) in [5, 5.41) is 4.47. The summed E-state index contributed by atoms with van der Waals surface area (Å²) in [6.07, 6.45) is 0. The molecule has 1 N–H and O–H groups in total. The zero-order chi connectivity index (χ0) is 11.5. The fourth-order valence-electron chi connectivity index (χ4n) is 1.30. The molecule has 1 fully saturated rings. The van der Waals surface area contributed by atoms with E-state index in [-0.39, 0.29) is 18.5 Å². The summed E-state index contributed by atoms with van der Waals surface area (Å²) < 4.78 is 0.976. The molecule has 0 aliphatic carbocycles. The van der Waals surface area contributed by atoms with Gasteiger partial charge in [0.2, 0.25) is 5.91 Å². The number of carbonyl (C=O) groups is 2. The molecule has 1 aliphatic rings. The number of carbonyl (C=O) groups excluding carboxylic acids is 2. The predicted molar refractivity (Wildman–Crippen MR) is 62.7 cm³/mol. The van der Waals surface area contributed by atoms with E-state index in [0.29, 0.717) is 12.3 Å². The van der Waals surface area contributed by atoms with Gasteiger partial charge in [0.15, 0.2) is 0 Å². The largest absolute Gasteiger partial charge is 0.329 e. The third-order valence-corrected chi connectivity index (χ3v) is 4.19. The van der Waals surface area contributed by atoms with Crippen molar-refractivity contribution in [2.75, 3.05) is 18.8 Å². The van der Waals surface area contributed by atoms with Crippen LogP contribution in [0.4, 0.5) is 4.79 Å². The van der Waals surface area contributed by atoms with Gasteiger partial charge in [0.05, 0.1) is 6.54 Å². The van der Waals surface area contributed by atoms with E-state index in [1.165, 1.54) is 4.90 Å². The van der Waals surface area contributed by atoms with Crippen LogP contribution in [0, 0.1) is 6.92 Å². The zero-order valence-electron chi connectivity index (χ0n) is 8.73. The topological polar surface area (TPSA) is 62.3 Å². The predicted octanol–water partition coefficient (Wildman–Crippen LogP) is 1.10. The Balaban J connectivity index is 1.80. The number of nitrogens with zero attached hydrogens (tertiary/aromatic N) is 2. The van der Waals surface area contributed by atoms with Crippen molar-refractivity contribution >= 4 is 35.0 Å². The van der Waals surface area contributed by atoms with E-state index in [1.807, 2.05) is 12.3 Å². The Hall–Kier alpha value is -1.08. The molecule has 5 nitrogen and oxygen atoms in total. The molecule has 2 heterocycles. The van der Waals surface area contributed by atoms with Gasteiger partial charge in [-0.1, -0.05) is 11.8 Å². The van der Waals surface area contributed by atoms with Crippen LogP contribution in [-0.4, -0.2) is 40.7 Å². The number of aromatic nitrogens is 1. The summed E-state index contributed by atoms with van der Waals surface area (Å²) in [5.74, 6) is 0.535. The van der Waals surface area contributed by atoms with Gasteiger partial charge < -0.3 is 5.32 Å².